The van der Waals surface area contributed by atoms with Crippen LogP contribution in [0.4, 0.5) is 10.6 Å². The number of anilines is 1. The first-order valence-corrected chi connectivity index (χ1v) is 9.35. The lowest BCUT2D eigenvalue weighted by molar-refractivity contribution is 0.100. The number of hydrogen-bond donors (Lipinski definition) is 0. The molecule has 1 amide bonds. The number of nitrogens with zero attached hydrogens (tertiary/aromatic N) is 3. The van der Waals surface area contributed by atoms with E-state index in [-0.39, 0.29) is 6.09 Å². The van der Waals surface area contributed by atoms with Crippen molar-refractivity contribution in [2.24, 2.45) is 0 Å². The predicted molar refractivity (Wildman–Crippen MR) is 105 cm³/mol. The van der Waals surface area contributed by atoms with Gasteiger partial charge in [0.1, 0.15) is 11.6 Å². The average molecular weight is 369 g/mol. The Balaban J connectivity index is 1.61. The van der Waals surface area contributed by atoms with Crippen molar-refractivity contribution in [3.8, 4) is 5.75 Å². The highest BCUT2D eigenvalue weighted by Gasteiger charge is 2.26. The Kier molecular flexibility index (Phi) is 6.16. The van der Waals surface area contributed by atoms with Gasteiger partial charge in [0.25, 0.3) is 0 Å². The van der Waals surface area contributed by atoms with Gasteiger partial charge in [-0.3, -0.25) is 4.90 Å². The summed E-state index contributed by atoms with van der Waals surface area (Å²) in [5.41, 5.74) is 3.22. The number of hydrogen-bond acceptors (Lipinski definition) is 5. The minimum atomic E-state index is -0.255. The number of carbonyl (C=O) groups is 1. The molecule has 6 heteroatoms. The molecule has 0 fully saturated rings. The van der Waals surface area contributed by atoms with Crippen LogP contribution in [0.3, 0.4) is 0 Å². The Bertz CT molecular complexity index is 777. The number of unbranched alkanes of at least 4 members (excludes halogenated alkanes) is 1. The number of amides is 1. The summed E-state index contributed by atoms with van der Waals surface area (Å²) in [4.78, 5) is 20.7. The maximum Gasteiger partial charge on any atom is 0.410 e. The molecule has 0 radical (unpaired) electrons. The Hall–Kier alpha value is -2.76. The molecule has 0 atom stereocenters. The van der Waals surface area contributed by atoms with E-state index < -0.39 is 0 Å². The summed E-state index contributed by atoms with van der Waals surface area (Å²) in [6.07, 6.45) is 1.65. The first-order valence-electron chi connectivity index (χ1n) is 9.35. The van der Waals surface area contributed by atoms with Crippen molar-refractivity contribution in [2.75, 3.05) is 25.7 Å². The molecule has 1 aliphatic heterocycles. The Labute approximate surface area is 160 Å². The van der Waals surface area contributed by atoms with E-state index in [2.05, 4.69) is 30.0 Å². The maximum atomic E-state index is 12.2. The molecule has 0 bridgehead atoms. The average Bonchev–Trinajstić information content (AvgIpc) is 3.12. The summed E-state index contributed by atoms with van der Waals surface area (Å²) >= 11 is 0. The van der Waals surface area contributed by atoms with Gasteiger partial charge in [0, 0.05) is 13.6 Å². The smallest absolute Gasteiger partial charge is 0.410 e. The van der Waals surface area contributed by atoms with E-state index >= 15 is 0 Å². The van der Waals surface area contributed by atoms with Crippen LogP contribution < -0.4 is 9.64 Å². The lowest BCUT2D eigenvalue weighted by atomic mass is 10.2. The number of rotatable bonds is 7. The summed E-state index contributed by atoms with van der Waals surface area (Å²) in [5, 5.41) is 0. The molecule has 2 heterocycles. The van der Waals surface area contributed by atoms with Gasteiger partial charge in [0.15, 0.2) is 0 Å². The normalized spacial score (nSPS) is 12.6. The fourth-order valence-electron chi connectivity index (χ4n) is 3.06. The standard InChI is InChI=1S/C21H27N3O3/c1-4-5-12-27-21(25)24-14-17-8-11-20(22-19(17)15-24)23(2)13-16-6-9-18(26-3)10-7-16/h6-11H,4-5,12-15H2,1-3H3. The minimum Gasteiger partial charge on any atom is -0.497 e. The fraction of sp³-hybridized carbons (Fsp3) is 0.429. The number of pyridine rings is 1. The second-order valence-corrected chi connectivity index (χ2v) is 6.80. The third-order valence-corrected chi connectivity index (χ3v) is 4.71. The first kappa shape index (κ1) is 19.0. The number of methoxy groups -OCH3 is 1. The molecule has 1 aliphatic rings. The molecular weight excluding hydrogens is 342 g/mol. The van der Waals surface area contributed by atoms with Crippen molar-refractivity contribution in [1.29, 1.82) is 0 Å². The van der Waals surface area contributed by atoms with Crippen LogP contribution in [0.2, 0.25) is 0 Å². The molecule has 0 unspecified atom stereocenters. The lowest BCUT2D eigenvalue weighted by Gasteiger charge is -2.19. The Morgan fingerprint density at radius 2 is 1.96 bits per heavy atom. The number of aromatic nitrogens is 1. The van der Waals surface area contributed by atoms with Crippen molar-refractivity contribution in [1.82, 2.24) is 9.88 Å². The topological polar surface area (TPSA) is 54.9 Å². The van der Waals surface area contributed by atoms with Crippen LogP contribution in [0.5, 0.6) is 5.75 Å². The highest BCUT2D eigenvalue weighted by molar-refractivity contribution is 5.68. The Morgan fingerprint density at radius 1 is 1.19 bits per heavy atom. The molecule has 2 aromatic rings. The van der Waals surface area contributed by atoms with Gasteiger partial charge in [-0.05, 0) is 35.7 Å². The zero-order valence-electron chi connectivity index (χ0n) is 16.3. The molecule has 3 rings (SSSR count). The summed E-state index contributed by atoms with van der Waals surface area (Å²) in [6.45, 7) is 4.37. The summed E-state index contributed by atoms with van der Waals surface area (Å²) in [6, 6.07) is 12.1. The van der Waals surface area contributed by atoms with Gasteiger partial charge in [-0.2, -0.15) is 0 Å². The molecule has 0 saturated carbocycles. The molecule has 0 N–H and O–H groups in total. The van der Waals surface area contributed by atoms with Crippen LogP contribution in [-0.4, -0.2) is 36.7 Å². The van der Waals surface area contributed by atoms with Crippen molar-refractivity contribution < 1.29 is 14.3 Å². The van der Waals surface area contributed by atoms with Crippen molar-refractivity contribution in [2.45, 2.75) is 39.4 Å². The molecule has 0 aliphatic carbocycles. The number of ether oxygens (including phenoxy) is 2. The lowest BCUT2D eigenvalue weighted by Crippen LogP contribution is -2.26. The van der Waals surface area contributed by atoms with Gasteiger partial charge in [-0.25, -0.2) is 9.78 Å². The fourth-order valence-corrected chi connectivity index (χ4v) is 3.06. The first-order chi connectivity index (χ1) is 13.1. The van der Waals surface area contributed by atoms with E-state index in [1.54, 1.807) is 12.0 Å². The highest BCUT2D eigenvalue weighted by Crippen LogP contribution is 2.25. The zero-order valence-corrected chi connectivity index (χ0v) is 16.3. The van der Waals surface area contributed by atoms with Crippen molar-refractivity contribution in [3.05, 3.63) is 53.2 Å². The van der Waals surface area contributed by atoms with Gasteiger partial charge in [-0.1, -0.05) is 31.5 Å². The SMILES string of the molecule is CCCCOC(=O)N1Cc2ccc(N(C)Cc3ccc(OC)cc3)nc2C1. The van der Waals surface area contributed by atoms with E-state index in [9.17, 15) is 4.79 Å². The highest BCUT2D eigenvalue weighted by atomic mass is 16.6. The minimum absolute atomic E-state index is 0.255. The summed E-state index contributed by atoms with van der Waals surface area (Å²) in [7, 11) is 3.68. The third-order valence-electron chi connectivity index (χ3n) is 4.71. The summed E-state index contributed by atoms with van der Waals surface area (Å²) in [5.74, 6) is 1.74. The Morgan fingerprint density at radius 3 is 2.67 bits per heavy atom. The van der Waals surface area contributed by atoms with Gasteiger partial charge in [-0.15, -0.1) is 0 Å². The number of fused-ring (bicyclic) bond motifs is 1. The molecule has 1 aromatic carbocycles. The molecule has 0 spiro atoms. The van der Waals surface area contributed by atoms with E-state index in [0.717, 1.165) is 42.2 Å². The molecule has 0 saturated heterocycles. The largest absolute Gasteiger partial charge is 0.497 e. The van der Waals surface area contributed by atoms with Crippen LogP contribution in [0.1, 0.15) is 36.6 Å². The van der Waals surface area contributed by atoms with E-state index in [1.165, 1.54) is 5.56 Å². The van der Waals surface area contributed by atoms with E-state index in [4.69, 9.17) is 14.5 Å². The second-order valence-electron chi connectivity index (χ2n) is 6.80. The zero-order chi connectivity index (χ0) is 19.2. The second kappa shape index (κ2) is 8.75. The van der Waals surface area contributed by atoms with Crippen LogP contribution in [0, 0.1) is 0 Å². The van der Waals surface area contributed by atoms with E-state index in [0.29, 0.717) is 19.7 Å². The molecule has 6 nitrogen and oxygen atoms in total. The van der Waals surface area contributed by atoms with Crippen LogP contribution in [0.25, 0.3) is 0 Å². The van der Waals surface area contributed by atoms with Gasteiger partial charge in [0.2, 0.25) is 0 Å². The van der Waals surface area contributed by atoms with Crippen molar-refractivity contribution >= 4 is 11.9 Å². The molecule has 1 aromatic heterocycles. The monoisotopic (exact) mass is 369 g/mol. The van der Waals surface area contributed by atoms with Crippen LogP contribution >= 0.6 is 0 Å². The van der Waals surface area contributed by atoms with Crippen LogP contribution in [-0.2, 0) is 24.4 Å². The number of benzene rings is 1. The predicted octanol–water partition coefficient (Wildman–Crippen LogP) is 3.98. The third kappa shape index (κ3) is 4.70. The van der Waals surface area contributed by atoms with E-state index in [1.807, 2.05) is 25.2 Å². The van der Waals surface area contributed by atoms with Gasteiger partial charge in [0.05, 0.1) is 32.5 Å². The van der Waals surface area contributed by atoms with Crippen LogP contribution in [0.15, 0.2) is 36.4 Å². The summed E-state index contributed by atoms with van der Waals surface area (Å²) < 4.78 is 10.5. The molecule has 144 valence electrons. The van der Waals surface area contributed by atoms with Gasteiger partial charge >= 0.3 is 6.09 Å². The van der Waals surface area contributed by atoms with Crippen molar-refractivity contribution in [3.63, 3.8) is 0 Å². The number of carbonyl (C=O) groups excluding carboxylic acids is 1. The van der Waals surface area contributed by atoms with Gasteiger partial charge < -0.3 is 14.4 Å². The molecule has 27 heavy (non-hydrogen) atoms. The quantitative estimate of drug-likeness (QED) is 0.691. The molecular formula is C21H27N3O3. The maximum absolute atomic E-state index is 12.2.